The molecule has 3 heterocycles. The van der Waals surface area contributed by atoms with Crippen molar-refractivity contribution in [3.63, 3.8) is 0 Å². The molecule has 7 nitrogen and oxygen atoms in total. The van der Waals surface area contributed by atoms with E-state index < -0.39 is 30.1 Å². The van der Waals surface area contributed by atoms with Crippen LogP contribution in [0.4, 0.5) is 4.39 Å². The number of carbonyl (C=O) groups excluding carboxylic acids is 1. The van der Waals surface area contributed by atoms with Crippen molar-refractivity contribution in [1.29, 1.82) is 0 Å². The number of carbonyl (C=O) groups is 1. The van der Waals surface area contributed by atoms with Crippen LogP contribution in [0.15, 0.2) is 43.0 Å². The number of halogens is 2. The zero-order valence-electron chi connectivity index (χ0n) is 15.3. The summed E-state index contributed by atoms with van der Waals surface area (Å²) in [5.74, 6) is -0.631. The Morgan fingerprint density at radius 2 is 2.07 bits per heavy atom. The molecule has 0 aliphatic carbocycles. The van der Waals surface area contributed by atoms with Gasteiger partial charge in [-0.25, -0.2) is 24.1 Å². The van der Waals surface area contributed by atoms with E-state index in [0.29, 0.717) is 23.1 Å². The molecule has 4 atom stereocenters. The van der Waals surface area contributed by atoms with E-state index in [4.69, 9.17) is 21.1 Å². The summed E-state index contributed by atoms with van der Waals surface area (Å²) in [4.78, 5) is 25.0. The van der Waals surface area contributed by atoms with Gasteiger partial charge in [-0.15, -0.1) is 0 Å². The molecule has 2 aromatic heterocycles. The highest BCUT2D eigenvalue weighted by atomic mass is 35.5. The molecule has 0 bridgehead atoms. The largest absolute Gasteiger partial charge is 0.448 e. The number of rotatable bonds is 4. The van der Waals surface area contributed by atoms with Gasteiger partial charge in [-0.3, -0.25) is 4.57 Å². The van der Waals surface area contributed by atoms with Gasteiger partial charge in [0.25, 0.3) is 0 Å². The molecule has 1 fully saturated rings. The SMILES string of the molecule is CC[C@H]1O[C@@H](n2cnc3c(Cl)ncnc32)[C@](C)(OC(=O)c2ccccc2)[C@@H]1F. The van der Waals surface area contributed by atoms with Crippen LogP contribution in [0, 0.1) is 0 Å². The molecule has 28 heavy (non-hydrogen) atoms. The number of ether oxygens (including phenoxy) is 2. The maximum absolute atomic E-state index is 15.3. The number of hydrogen-bond donors (Lipinski definition) is 0. The van der Waals surface area contributed by atoms with Crippen molar-refractivity contribution >= 4 is 28.7 Å². The van der Waals surface area contributed by atoms with E-state index in [1.165, 1.54) is 24.1 Å². The first-order valence-electron chi connectivity index (χ1n) is 8.86. The van der Waals surface area contributed by atoms with E-state index >= 15 is 4.39 Å². The number of benzene rings is 1. The Bertz CT molecular complexity index is 1010. The Morgan fingerprint density at radius 3 is 2.79 bits per heavy atom. The highest BCUT2D eigenvalue weighted by Crippen LogP contribution is 2.45. The zero-order valence-corrected chi connectivity index (χ0v) is 16.0. The summed E-state index contributed by atoms with van der Waals surface area (Å²) in [6.45, 7) is 3.33. The molecule has 9 heteroatoms. The van der Waals surface area contributed by atoms with Gasteiger partial charge in [-0.05, 0) is 25.5 Å². The van der Waals surface area contributed by atoms with E-state index in [0.717, 1.165) is 0 Å². The molecule has 1 aliphatic heterocycles. The van der Waals surface area contributed by atoms with Gasteiger partial charge >= 0.3 is 5.97 Å². The molecule has 0 radical (unpaired) electrons. The lowest BCUT2D eigenvalue weighted by Gasteiger charge is -2.31. The standard InChI is InChI=1S/C19H18ClFN4O3/c1-3-12-14(21)19(2,28-17(26)11-7-5-4-6-8-11)18(27-12)25-10-24-13-15(20)22-9-23-16(13)25/h4-10,12,14,18H,3H2,1-2H3/t12-,14-,18-,19-/m1/s1. The van der Waals surface area contributed by atoms with Gasteiger partial charge in [-0.1, -0.05) is 36.7 Å². The lowest BCUT2D eigenvalue weighted by atomic mass is 9.96. The van der Waals surface area contributed by atoms with Crippen molar-refractivity contribution in [3.05, 3.63) is 53.7 Å². The van der Waals surface area contributed by atoms with Gasteiger partial charge in [-0.2, -0.15) is 0 Å². The quantitative estimate of drug-likeness (QED) is 0.487. The van der Waals surface area contributed by atoms with Crippen LogP contribution in [0.3, 0.4) is 0 Å². The Kier molecular flexibility index (Phi) is 4.76. The maximum atomic E-state index is 15.3. The first kappa shape index (κ1) is 18.8. The highest BCUT2D eigenvalue weighted by Gasteiger charge is 2.58. The fraction of sp³-hybridized carbons (Fsp3) is 0.368. The summed E-state index contributed by atoms with van der Waals surface area (Å²) in [5, 5.41) is 0.175. The van der Waals surface area contributed by atoms with Crippen molar-refractivity contribution < 1.29 is 18.7 Å². The van der Waals surface area contributed by atoms with E-state index in [1.807, 2.05) is 6.92 Å². The predicted molar refractivity (Wildman–Crippen MR) is 99.7 cm³/mol. The summed E-state index contributed by atoms with van der Waals surface area (Å²) >= 11 is 6.07. The van der Waals surface area contributed by atoms with Crippen molar-refractivity contribution in [2.24, 2.45) is 0 Å². The second kappa shape index (κ2) is 7.10. The van der Waals surface area contributed by atoms with Gasteiger partial charge < -0.3 is 9.47 Å². The minimum atomic E-state index is -1.58. The highest BCUT2D eigenvalue weighted by molar-refractivity contribution is 6.33. The molecule has 0 N–H and O–H groups in total. The Labute approximate surface area is 165 Å². The molecular formula is C19H18ClFN4O3. The topological polar surface area (TPSA) is 79.1 Å². The molecule has 0 unspecified atom stereocenters. The smallest absolute Gasteiger partial charge is 0.338 e. The molecule has 1 aromatic carbocycles. The average molecular weight is 405 g/mol. The van der Waals surface area contributed by atoms with Crippen molar-refractivity contribution in [3.8, 4) is 0 Å². The maximum Gasteiger partial charge on any atom is 0.338 e. The van der Waals surface area contributed by atoms with Crippen LogP contribution in [0.2, 0.25) is 5.15 Å². The van der Waals surface area contributed by atoms with Crippen molar-refractivity contribution in [2.75, 3.05) is 0 Å². The first-order chi connectivity index (χ1) is 13.5. The Balaban J connectivity index is 1.75. The van der Waals surface area contributed by atoms with E-state index in [9.17, 15) is 4.79 Å². The number of esters is 1. The minimum absolute atomic E-state index is 0.175. The van der Waals surface area contributed by atoms with E-state index in [2.05, 4.69) is 15.0 Å². The first-order valence-corrected chi connectivity index (χ1v) is 9.24. The number of fused-ring (bicyclic) bond motifs is 1. The third-order valence-electron chi connectivity index (χ3n) is 4.96. The second-order valence-corrected chi connectivity index (χ2v) is 7.12. The van der Waals surface area contributed by atoms with E-state index in [-0.39, 0.29) is 5.15 Å². The van der Waals surface area contributed by atoms with Gasteiger partial charge in [0, 0.05) is 0 Å². The Morgan fingerprint density at radius 1 is 1.32 bits per heavy atom. The molecular weight excluding hydrogens is 387 g/mol. The van der Waals surface area contributed by atoms with Crippen LogP contribution in [-0.2, 0) is 9.47 Å². The van der Waals surface area contributed by atoms with E-state index in [1.54, 1.807) is 30.3 Å². The number of alkyl halides is 1. The predicted octanol–water partition coefficient (Wildman–Crippen LogP) is 3.74. The van der Waals surface area contributed by atoms with Gasteiger partial charge in [0.15, 0.2) is 28.8 Å². The summed E-state index contributed by atoms with van der Waals surface area (Å²) in [7, 11) is 0. The van der Waals surface area contributed by atoms with Crippen molar-refractivity contribution in [1.82, 2.24) is 19.5 Å². The fourth-order valence-corrected chi connectivity index (χ4v) is 3.63. The number of hydrogen-bond acceptors (Lipinski definition) is 6. The van der Waals surface area contributed by atoms with Crippen molar-refractivity contribution in [2.45, 2.75) is 44.4 Å². The van der Waals surface area contributed by atoms with Crippen LogP contribution >= 0.6 is 11.6 Å². The summed E-state index contributed by atoms with van der Waals surface area (Å²) < 4.78 is 28.5. The van der Waals surface area contributed by atoms with Crippen LogP contribution in [0.25, 0.3) is 11.2 Å². The normalized spacial score (nSPS) is 27.2. The number of nitrogens with zero attached hydrogens (tertiary/aromatic N) is 4. The van der Waals surface area contributed by atoms with Crippen LogP contribution in [0.1, 0.15) is 36.9 Å². The molecule has 0 amide bonds. The molecule has 3 aromatic rings. The summed E-state index contributed by atoms with van der Waals surface area (Å²) in [6.07, 6.45) is -0.0994. The monoisotopic (exact) mass is 404 g/mol. The molecule has 1 aliphatic rings. The summed E-state index contributed by atoms with van der Waals surface area (Å²) in [6, 6.07) is 8.44. The molecule has 146 valence electrons. The lowest BCUT2D eigenvalue weighted by molar-refractivity contribution is -0.0975. The average Bonchev–Trinajstić information content (AvgIpc) is 3.23. The molecule has 0 spiro atoms. The summed E-state index contributed by atoms with van der Waals surface area (Å²) in [5.41, 5.74) is -0.523. The van der Waals surface area contributed by atoms with Gasteiger partial charge in [0.1, 0.15) is 11.8 Å². The van der Waals surface area contributed by atoms with Gasteiger partial charge in [0.05, 0.1) is 18.0 Å². The van der Waals surface area contributed by atoms with Gasteiger partial charge in [0.2, 0.25) is 0 Å². The molecule has 4 rings (SSSR count). The van der Waals surface area contributed by atoms with Crippen LogP contribution in [0.5, 0.6) is 0 Å². The minimum Gasteiger partial charge on any atom is -0.448 e. The third kappa shape index (κ3) is 2.93. The Hall–Kier alpha value is -2.58. The molecule has 1 saturated heterocycles. The zero-order chi connectivity index (χ0) is 19.9. The van der Waals surface area contributed by atoms with Crippen LogP contribution < -0.4 is 0 Å². The second-order valence-electron chi connectivity index (χ2n) is 6.76. The van der Waals surface area contributed by atoms with Crippen LogP contribution in [-0.4, -0.2) is 43.4 Å². The molecule has 0 saturated carbocycles. The number of aromatic nitrogens is 4. The third-order valence-corrected chi connectivity index (χ3v) is 5.24. The number of imidazole rings is 1. The fourth-order valence-electron chi connectivity index (χ4n) is 3.45. The lowest BCUT2D eigenvalue weighted by Crippen LogP contribution is -2.45.